The first-order valence-corrected chi connectivity index (χ1v) is 4.38. The summed E-state index contributed by atoms with van der Waals surface area (Å²) in [7, 11) is 1.47. The molecule has 5 heteroatoms. The third-order valence-corrected chi connectivity index (χ3v) is 2.87. The molecular formula is C6H5Cl2NOS. The number of nitrogens with zero attached hydrogens (tertiary/aromatic N) is 1. The highest BCUT2D eigenvalue weighted by Gasteiger charge is 2.04. The SMILES string of the molecule is CO/N=C/c1csc(Cl)c1Cl. The molecule has 1 rings (SSSR count). The number of rotatable bonds is 2. The highest BCUT2D eigenvalue weighted by molar-refractivity contribution is 7.15. The van der Waals surface area contributed by atoms with Crippen LogP contribution < -0.4 is 0 Å². The van der Waals surface area contributed by atoms with Crippen molar-refractivity contribution in [2.45, 2.75) is 0 Å². The second kappa shape index (κ2) is 3.95. The molecule has 0 radical (unpaired) electrons. The van der Waals surface area contributed by atoms with Gasteiger partial charge < -0.3 is 4.84 Å². The van der Waals surface area contributed by atoms with Gasteiger partial charge in [0.2, 0.25) is 0 Å². The molecular weight excluding hydrogens is 205 g/mol. The largest absolute Gasteiger partial charge is 0.399 e. The zero-order valence-corrected chi connectivity index (χ0v) is 8.00. The molecule has 0 aliphatic rings. The lowest BCUT2D eigenvalue weighted by molar-refractivity contribution is 0.215. The molecule has 0 saturated carbocycles. The van der Waals surface area contributed by atoms with Crippen molar-refractivity contribution >= 4 is 40.8 Å². The quantitative estimate of drug-likeness (QED) is 0.543. The van der Waals surface area contributed by atoms with E-state index in [9.17, 15) is 0 Å². The molecule has 1 heterocycles. The number of hydrogen-bond acceptors (Lipinski definition) is 3. The Balaban J connectivity index is 2.87. The Bertz CT molecular complexity index is 272. The van der Waals surface area contributed by atoms with Gasteiger partial charge in [-0.25, -0.2) is 0 Å². The summed E-state index contributed by atoms with van der Waals surface area (Å²) in [4.78, 5) is 4.48. The van der Waals surface area contributed by atoms with Crippen LogP contribution in [0.4, 0.5) is 0 Å². The van der Waals surface area contributed by atoms with Gasteiger partial charge in [0.25, 0.3) is 0 Å². The van der Waals surface area contributed by atoms with Gasteiger partial charge in [0, 0.05) is 10.9 Å². The molecule has 0 fully saturated rings. The molecule has 0 N–H and O–H groups in total. The first-order chi connectivity index (χ1) is 5.25. The molecule has 0 amide bonds. The van der Waals surface area contributed by atoms with Crippen LogP contribution in [0.15, 0.2) is 10.5 Å². The Kier molecular flexibility index (Phi) is 3.17. The van der Waals surface area contributed by atoms with Gasteiger partial charge in [0.05, 0.1) is 11.2 Å². The van der Waals surface area contributed by atoms with E-state index in [1.165, 1.54) is 24.7 Å². The number of thiophene rings is 1. The van der Waals surface area contributed by atoms with E-state index in [0.717, 1.165) is 5.56 Å². The van der Waals surface area contributed by atoms with Gasteiger partial charge in [-0.3, -0.25) is 0 Å². The van der Waals surface area contributed by atoms with Crippen LogP contribution in [0.25, 0.3) is 0 Å². The van der Waals surface area contributed by atoms with Gasteiger partial charge in [-0.05, 0) is 0 Å². The number of halogens is 2. The molecule has 1 aromatic heterocycles. The van der Waals surface area contributed by atoms with Crippen molar-refractivity contribution in [2.75, 3.05) is 7.11 Å². The van der Waals surface area contributed by atoms with Crippen LogP contribution in [0.1, 0.15) is 5.56 Å². The Morgan fingerprint density at radius 3 is 2.82 bits per heavy atom. The molecule has 0 atom stereocenters. The van der Waals surface area contributed by atoms with E-state index >= 15 is 0 Å². The van der Waals surface area contributed by atoms with Gasteiger partial charge in [-0.2, -0.15) is 0 Å². The van der Waals surface area contributed by atoms with Crippen molar-refractivity contribution in [1.82, 2.24) is 0 Å². The smallest absolute Gasteiger partial charge is 0.112 e. The number of oxime groups is 1. The van der Waals surface area contributed by atoms with E-state index in [4.69, 9.17) is 23.2 Å². The van der Waals surface area contributed by atoms with Crippen molar-refractivity contribution in [2.24, 2.45) is 5.16 Å². The molecule has 0 spiro atoms. The molecule has 60 valence electrons. The van der Waals surface area contributed by atoms with Crippen LogP contribution in [-0.2, 0) is 4.84 Å². The minimum Gasteiger partial charge on any atom is -0.399 e. The zero-order chi connectivity index (χ0) is 8.27. The second-order valence-corrected chi connectivity index (χ2v) is 3.56. The van der Waals surface area contributed by atoms with E-state index in [2.05, 4.69) is 9.99 Å². The third-order valence-electron chi connectivity index (χ3n) is 1.01. The Morgan fingerprint density at radius 2 is 2.36 bits per heavy atom. The summed E-state index contributed by atoms with van der Waals surface area (Å²) < 4.78 is 0.573. The van der Waals surface area contributed by atoms with Crippen molar-refractivity contribution in [3.8, 4) is 0 Å². The first kappa shape index (κ1) is 8.84. The molecule has 0 aromatic carbocycles. The fourth-order valence-corrected chi connectivity index (χ4v) is 1.70. The van der Waals surface area contributed by atoms with Crippen LogP contribution in [0, 0.1) is 0 Å². The van der Waals surface area contributed by atoms with Crippen molar-refractivity contribution in [1.29, 1.82) is 0 Å². The highest BCUT2D eigenvalue weighted by atomic mass is 35.5. The summed E-state index contributed by atoms with van der Waals surface area (Å²) in [6.07, 6.45) is 1.52. The topological polar surface area (TPSA) is 21.6 Å². The number of hydrogen-bond donors (Lipinski definition) is 0. The standard InChI is InChI=1S/C6H5Cl2NOS/c1-10-9-2-4-3-11-6(8)5(4)7/h2-3H,1H3/b9-2+. The average Bonchev–Trinajstić information content (AvgIpc) is 2.31. The maximum Gasteiger partial charge on any atom is 0.112 e. The predicted molar refractivity (Wildman–Crippen MR) is 48.9 cm³/mol. The third kappa shape index (κ3) is 2.09. The van der Waals surface area contributed by atoms with Gasteiger partial charge in [0.1, 0.15) is 11.4 Å². The molecule has 0 aliphatic heterocycles. The normalized spacial score (nSPS) is 10.8. The summed E-state index contributed by atoms with van der Waals surface area (Å²) in [5.74, 6) is 0. The Labute approximate surface area is 78.4 Å². The lowest BCUT2D eigenvalue weighted by Gasteiger charge is -1.86. The Morgan fingerprint density at radius 1 is 1.64 bits per heavy atom. The van der Waals surface area contributed by atoms with Gasteiger partial charge in [-0.15, -0.1) is 11.3 Å². The van der Waals surface area contributed by atoms with Crippen LogP contribution >= 0.6 is 34.5 Å². The molecule has 0 aliphatic carbocycles. The average molecular weight is 210 g/mol. The van der Waals surface area contributed by atoms with E-state index in [-0.39, 0.29) is 0 Å². The maximum atomic E-state index is 5.78. The molecule has 0 bridgehead atoms. The van der Waals surface area contributed by atoms with E-state index in [1.54, 1.807) is 0 Å². The molecule has 0 unspecified atom stereocenters. The van der Waals surface area contributed by atoms with Crippen molar-refractivity contribution < 1.29 is 4.84 Å². The van der Waals surface area contributed by atoms with Gasteiger partial charge >= 0.3 is 0 Å². The minimum atomic E-state index is 0.525. The van der Waals surface area contributed by atoms with E-state index < -0.39 is 0 Å². The second-order valence-electron chi connectivity index (χ2n) is 1.70. The summed E-state index contributed by atoms with van der Waals surface area (Å²) in [5.41, 5.74) is 0.781. The first-order valence-electron chi connectivity index (χ1n) is 2.74. The highest BCUT2D eigenvalue weighted by Crippen LogP contribution is 2.31. The maximum absolute atomic E-state index is 5.78. The summed E-state index contributed by atoms with van der Waals surface area (Å²) >= 11 is 12.8. The summed E-state index contributed by atoms with van der Waals surface area (Å²) in [6.45, 7) is 0. The minimum absolute atomic E-state index is 0.525. The zero-order valence-electron chi connectivity index (χ0n) is 5.67. The van der Waals surface area contributed by atoms with Crippen LogP contribution in [0.2, 0.25) is 9.36 Å². The molecule has 1 aromatic rings. The van der Waals surface area contributed by atoms with Gasteiger partial charge in [0.15, 0.2) is 0 Å². The van der Waals surface area contributed by atoms with Crippen LogP contribution in [0.5, 0.6) is 0 Å². The fourth-order valence-electron chi connectivity index (χ4n) is 0.529. The lowest BCUT2D eigenvalue weighted by atomic mass is 10.4. The molecule has 11 heavy (non-hydrogen) atoms. The van der Waals surface area contributed by atoms with Crippen molar-refractivity contribution in [3.63, 3.8) is 0 Å². The monoisotopic (exact) mass is 209 g/mol. The summed E-state index contributed by atoms with van der Waals surface area (Å²) in [5, 5.41) is 5.89. The van der Waals surface area contributed by atoms with E-state index in [0.29, 0.717) is 9.36 Å². The predicted octanol–water partition coefficient (Wildman–Crippen LogP) is 3.04. The fraction of sp³-hybridized carbons (Fsp3) is 0.167. The molecule has 2 nitrogen and oxygen atoms in total. The van der Waals surface area contributed by atoms with Crippen LogP contribution in [-0.4, -0.2) is 13.3 Å². The van der Waals surface area contributed by atoms with Gasteiger partial charge in [-0.1, -0.05) is 28.4 Å². The van der Waals surface area contributed by atoms with Crippen LogP contribution in [0.3, 0.4) is 0 Å². The lowest BCUT2D eigenvalue weighted by Crippen LogP contribution is -1.77. The summed E-state index contributed by atoms with van der Waals surface area (Å²) in [6, 6.07) is 0. The molecule has 0 saturated heterocycles. The Hall–Kier alpha value is -0.250. The van der Waals surface area contributed by atoms with Crippen molar-refractivity contribution in [3.05, 3.63) is 20.3 Å². The van der Waals surface area contributed by atoms with E-state index in [1.807, 2.05) is 5.38 Å².